The quantitative estimate of drug-likeness (QED) is 0.403. The predicted octanol–water partition coefficient (Wildman–Crippen LogP) is 4.78. The molecule has 0 saturated carbocycles. The van der Waals surface area contributed by atoms with Crippen LogP contribution in [-0.4, -0.2) is 14.4 Å². The third kappa shape index (κ3) is 1.26. The fourth-order valence-corrected chi connectivity index (χ4v) is 3.76. The molecule has 0 radical (unpaired) electrons. The molecule has 6 aromatic rings. The van der Waals surface area contributed by atoms with Crippen LogP contribution < -0.4 is 0 Å². The molecule has 0 atom stereocenters. The minimum atomic E-state index is 0.935. The average molecular weight is 293 g/mol. The van der Waals surface area contributed by atoms with Crippen molar-refractivity contribution in [1.29, 1.82) is 0 Å². The van der Waals surface area contributed by atoms with Gasteiger partial charge in [0.25, 0.3) is 0 Å². The Kier molecular flexibility index (Phi) is 1.86. The maximum atomic E-state index is 4.92. The molecule has 0 bridgehead atoms. The number of aromatic nitrogens is 3. The molecule has 6 rings (SSSR count). The van der Waals surface area contributed by atoms with E-state index in [0.29, 0.717) is 0 Å². The molecule has 3 nitrogen and oxygen atoms in total. The number of fused-ring (bicyclic) bond motifs is 7. The normalized spacial score (nSPS) is 12.3. The van der Waals surface area contributed by atoms with Gasteiger partial charge in [0.2, 0.25) is 0 Å². The molecule has 0 saturated heterocycles. The van der Waals surface area contributed by atoms with Crippen LogP contribution in [0.1, 0.15) is 0 Å². The molecule has 3 aromatic carbocycles. The summed E-state index contributed by atoms with van der Waals surface area (Å²) in [5, 5.41) is 3.71. The molecular weight excluding hydrogens is 282 g/mol. The average Bonchev–Trinajstić information content (AvgIpc) is 3.11. The van der Waals surface area contributed by atoms with Crippen molar-refractivity contribution in [2.24, 2.45) is 0 Å². The Labute approximate surface area is 131 Å². The molecule has 3 aromatic heterocycles. The van der Waals surface area contributed by atoms with Gasteiger partial charge in [-0.1, -0.05) is 48.5 Å². The molecular formula is C20H11N3. The Balaban J connectivity index is 2.04. The zero-order valence-corrected chi connectivity index (χ0v) is 12.2. The fourth-order valence-electron chi connectivity index (χ4n) is 3.76. The highest BCUT2D eigenvalue weighted by Crippen LogP contribution is 2.37. The summed E-state index contributed by atoms with van der Waals surface area (Å²) in [6.45, 7) is 0. The summed E-state index contributed by atoms with van der Waals surface area (Å²) in [6, 6.07) is 23.0. The van der Waals surface area contributed by atoms with Crippen LogP contribution in [0.3, 0.4) is 0 Å². The van der Waals surface area contributed by atoms with Gasteiger partial charge in [-0.15, -0.1) is 0 Å². The van der Waals surface area contributed by atoms with Gasteiger partial charge in [0, 0.05) is 16.2 Å². The van der Waals surface area contributed by atoms with Gasteiger partial charge in [-0.05, 0) is 18.2 Å². The van der Waals surface area contributed by atoms with Crippen LogP contribution in [0.4, 0.5) is 0 Å². The molecule has 106 valence electrons. The van der Waals surface area contributed by atoms with E-state index < -0.39 is 0 Å². The number of hydrogen-bond acceptors (Lipinski definition) is 2. The Hall–Kier alpha value is -3.20. The summed E-state index contributed by atoms with van der Waals surface area (Å²) in [5.41, 5.74) is 6.21. The lowest BCUT2D eigenvalue weighted by molar-refractivity contribution is 1.28. The summed E-state index contributed by atoms with van der Waals surface area (Å²) in [5.74, 6) is 0. The highest BCUT2D eigenvalue weighted by atomic mass is 15.0. The molecule has 0 amide bonds. The maximum Gasteiger partial charge on any atom is 0.165 e. The molecule has 0 aliphatic heterocycles. The summed E-state index contributed by atoms with van der Waals surface area (Å²) < 4.78 is 2.26. The Morgan fingerprint density at radius 1 is 0.609 bits per heavy atom. The second-order valence-corrected chi connectivity index (χ2v) is 5.94. The Morgan fingerprint density at radius 3 is 2.22 bits per heavy atom. The van der Waals surface area contributed by atoms with Gasteiger partial charge in [0.05, 0.1) is 22.1 Å². The van der Waals surface area contributed by atoms with Crippen molar-refractivity contribution >= 4 is 49.4 Å². The van der Waals surface area contributed by atoms with Crippen molar-refractivity contribution in [2.75, 3.05) is 0 Å². The lowest BCUT2D eigenvalue weighted by Crippen LogP contribution is -1.88. The van der Waals surface area contributed by atoms with E-state index in [2.05, 4.69) is 46.9 Å². The smallest absolute Gasteiger partial charge is 0.165 e. The summed E-state index contributed by atoms with van der Waals surface area (Å²) in [6.07, 6.45) is 0. The van der Waals surface area contributed by atoms with Crippen LogP contribution in [-0.2, 0) is 0 Å². The van der Waals surface area contributed by atoms with Gasteiger partial charge < -0.3 is 0 Å². The minimum absolute atomic E-state index is 0.935. The zero-order chi connectivity index (χ0) is 15.0. The first-order chi connectivity index (χ1) is 11.4. The van der Waals surface area contributed by atoms with Crippen LogP contribution in [0.15, 0.2) is 66.7 Å². The lowest BCUT2D eigenvalue weighted by atomic mass is 10.1. The maximum absolute atomic E-state index is 4.92. The van der Waals surface area contributed by atoms with Crippen molar-refractivity contribution in [3.63, 3.8) is 0 Å². The van der Waals surface area contributed by atoms with E-state index >= 15 is 0 Å². The first-order valence-electron chi connectivity index (χ1n) is 7.71. The van der Waals surface area contributed by atoms with Gasteiger partial charge in [-0.2, -0.15) is 0 Å². The molecule has 0 unspecified atom stereocenters. The van der Waals surface area contributed by atoms with Crippen molar-refractivity contribution < 1.29 is 0 Å². The number of para-hydroxylation sites is 4. The monoisotopic (exact) mass is 293 g/mol. The third-order valence-corrected chi connectivity index (χ3v) is 4.71. The number of benzene rings is 3. The van der Waals surface area contributed by atoms with Gasteiger partial charge in [0.1, 0.15) is 5.52 Å². The fraction of sp³-hybridized carbons (Fsp3) is 0. The molecule has 23 heavy (non-hydrogen) atoms. The Morgan fingerprint density at radius 2 is 1.30 bits per heavy atom. The van der Waals surface area contributed by atoms with E-state index in [4.69, 9.17) is 9.97 Å². The minimum Gasteiger partial charge on any atom is -0.291 e. The second kappa shape index (κ2) is 3.76. The first kappa shape index (κ1) is 11.4. The first-order valence-corrected chi connectivity index (χ1v) is 7.71. The van der Waals surface area contributed by atoms with E-state index in [9.17, 15) is 0 Å². The number of rotatable bonds is 0. The number of nitrogens with zero attached hydrogens (tertiary/aromatic N) is 3. The van der Waals surface area contributed by atoms with Gasteiger partial charge >= 0.3 is 0 Å². The summed E-state index contributed by atoms with van der Waals surface area (Å²) in [7, 11) is 0. The largest absolute Gasteiger partial charge is 0.291 e. The molecule has 3 heterocycles. The van der Waals surface area contributed by atoms with Crippen molar-refractivity contribution in [3.05, 3.63) is 66.7 Å². The molecule has 0 N–H and O–H groups in total. The molecule has 0 aliphatic carbocycles. The van der Waals surface area contributed by atoms with Crippen LogP contribution in [0.25, 0.3) is 49.4 Å². The van der Waals surface area contributed by atoms with E-state index in [0.717, 1.165) is 22.2 Å². The predicted molar refractivity (Wildman–Crippen MR) is 94.2 cm³/mol. The topological polar surface area (TPSA) is 30.2 Å². The van der Waals surface area contributed by atoms with E-state index in [-0.39, 0.29) is 0 Å². The highest BCUT2D eigenvalue weighted by Gasteiger charge is 2.18. The van der Waals surface area contributed by atoms with Crippen LogP contribution >= 0.6 is 0 Å². The van der Waals surface area contributed by atoms with Crippen LogP contribution in [0, 0.1) is 0 Å². The summed E-state index contributed by atoms with van der Waals surface area (Å²) in [4.78, 5) is 9.81. The molecule has 3 heteroatoms. The van der Waals surface area contributed by atoms with Crippen molar-refractivity contribution in [2.45, 2.75) is 0 Å². The lowest BCUT2D eigenvalue weighted by Gasteiger charge is -1.99. The second-order valence-electron chi connectivity index (χ2n) is 5.94. The van der Waals surface area contributed by atoms with Crippen LogP contribution in [0.5, 0.6) is 0 Å². The molecule has 0 fully saturated rings. The molecule has 0 aliphatic rings. The Bertz CT molecular complexity index is 1360. The summed E-state index contributed by atoms with van der Waals surface area (Å²) >= 11 is 0. The highest BCUT2D eigenvalue weighted by molar-refractivity contribution is 6.22. The zero-order valence-electron chi connectivity index (χ0n) is 12.2. The van der Waals surface area contributed by atoms with Gasteiger partial charge in [0.15, 0.2) is 5.65 Å². The SMILES string of the molecule is c1ccc2nc3c(nc2c1)c1cccc2c4ccccc4n3c21. The van der Waals surface area contributed by atoms with Gasteiger partial charge in [-0.3, -0.25) is 4.40 Å². The van der Waals surface area contributed by atoms with Crippen molar-refractivity contribution in [3.8, 4) is 0 Å². The van der Waals surface area contributed by atoms with E-state index in [1.807, 2.05) is 24.3 Å². The third-order valence-electron chi connectivity index (χ3n) is 4.71. The standard InChI is InChI=1S/C20H11N3/c1-4-11-17-12(6-1)13-7-5-8-14-18-20(23(17)19(13)14)22-16-10-3-2-9-15(16)21-18/h1-11H. The van der Waals surface area contributed by atoms with E-state index in [1.165, 1.54) is 27.2 Å². The number of hydrogen-bond donors (Lipinski definition) is 0. The van der Waals surface area contributed by atoms with Crippen LogP contribution in [0.2, 0.25) is 0 Å². The molecule has 0 spiro atoms. The van der Waals surface area contributed by atoms with E-state index in [1.54, 1.807) is 0 Å². The van der Waals surface area contributed by atoms with Crippen molar-refractivity contribution in [1.82, 2.24) is 14.4 Å². The van der Waals surface area contributed by atoms with Gasteiger partial charge in [-0.25, -0.2) is 9.97 Å².